The Morgan fingerprint density at radius 3 is 2.68 bits per heavy atom. The molecule has 2 aromatic rings. The van der Waals surface area contributed by atoms with Gasteiger partial charge in [-0.1, -0.05) is 30.3 Å². The summed E-state index contributed by atoms with van der Waals surface area (Å²) in [4.78, 5) is 15.7. The Hall–Kier alpha value is -2.14. The van der Waals surface area contributed by atoms with Crippen molar-refractivity contribution in [3.63, 3.8) is 0 Å². The molecule has 0 spiro atoms. The number of oxazole rings is 1. The number of carbonyl (C=O) groups is 1. The summed E-state index contributed by atoms with van der Waals surface area (Å²) in [5.74, 6) is 0.0966. The van der Waals surface area contributed by atoms with Gasteiger partial charge in [-0.3, -0.25) is 4.79 Å². The summed E-state index contributed by atoms with van der Waals surface area (Å²) < 4.78 is 4.97. The van der Waals surface area contributed by atoms with Crippen LogP contribution in [0.4, 0.5) is 0 Å². The minimum atomic E-state index is -1.13. The highest BCUT2D eigenvalue weighted by Gasteiger charge is 2.24. The van der Waals surface area contributed by atoms with Crippen molar-refractivity contribution in [1.82, 2.24) is 10.3 Å². The molecular formula is C14H16N2O3. The molecule has 5 nitrogen and oxygen atoms in total. The second-order valence-electron chi connectivity index (χ2n) is 4.58. The maximum atomic E-state index is 11.9. The van der Waals surface area contributed by atoms with Crippen LogP contribution in [0.2, 0.25) is 0 Å². The molecule has 0 fully saturated rings. The second-order valence-corrected chi connectivity index (χ2v) is 4.58. The Balaban J connectivity index is 2.03. The van der Waals surface area contributed by atoms with Gasteiger partial charge in [0.2, 0.25) is 0 Å². The van der Waals surface area contributed by atoms with Gasteiger partial charge in [0.25, 0.3) is 5.91 Å². The fraction of sp³-hybridized carbons (Fsp3) is 0.286. The Labute approximate surface area is 111 Å². The van der Waals surface area contributed by atoms with Crippen molar-refractivity contribution in [1.29, 1.82) is 0 Å². The number of aliphatic hydroxyl groups is 1. The predicted octanol–water partition coefficient (Wildman–Crippen LogP) is 1.62. The summed E-state index contributed by atoms with van der Waals surface area (Å²) >= 11 is 0. The molecule has 1 atom stereocenters. The molecule has 0 radical (unpaired) electrons. The molecule has 1 aromatic heterocycles. The van der Waals surface area contributed by atoms with Gasteiger partial charge in [0.1, 0.15) is 11.4 Å². The fourth-order valence-corrected chi connectivity index (χ4v) is 1.76. The number of nitrogens with zero attached hydrogens (tertiary/aromatic N) is 1. The Bertz CT molecular complexity index is 561. The summed E-state index contributed by atoms with van der Waals surface area (Å²) in [7, 11) is 0. The van der Waals surface area contributed by atoms with Crippen LogP contribution in [0.15, 0.2) is 41.1 Å². The zero-order valence-corrected chi connectivity index (χ0v) is 10.9. The monoisotopic (exact) mass is 260 g/mol. The number of amides is 1. The number of hydrogen-bond donors (Lipinski definition) is 2. The third-order valence-corrected chi connectivity index (χ3v) is 2.95. The van der Waals surface area contributed by atoms with Crippen molar-refractivity contribution in [3.05, 3.63) is 53.7 Å². The number of aromatic nitrogens is 1. The van der Waals surface area contributed by atoms with E-state index in [0.717, 1.165) is 5.56 Å². The van der Waals surface area contributed by atoms with E-state index in [1.165, 1.54) is 6.39 Å². The van der Waals surface area contributed by atoms with Gasteiger partial charge >= 0.3 is 0 Å². The van der Waals surface area contributed by atoms with E-state index in [1.807, 2.05) is 30.3 Å². The molecule has 1 aromatic carbocycles. The smallest absolute Gasteiger partial charge is 0.273 e. The lowest BCUT2D eigenvalue weighted by molar-refractivity contribution is 0.0524. The van der Waals surface area contributed by atoms with Crippen LogP contribution in [0.5, 0.6) is 0 Å². The van der Waals surface area contributed by atoms with Crippen molar-refractivity contribution >= 4 is 5.91 Å². The Kier molecular flexibility index (Phi) is 3.66. The SMILES string of the molecule is Cc1ocnc1C(=O)NCC(C)(O)c1ccccc1. The normalized spacial score (nSPS) is 13.8. The van der Waals surface area contributed by atoms with Gasteiger partial charge in [-0.2, -0.15) is 0 Å². The van der Waals surface area contributed by atoms with Crippen molar-refractivity contribution in [2.45, 2.75) is 19.4 Å². The maximum absolute atomic E-state index is 11.9. The van der Waals surface area contributed by atoms with Crippen molar-refractivity contribution in [3.8, 4) is 0 Å². The molecule has 5 heteroatoms. The minimum absolute atomic E-state index is 0.0994. The molecule has 1 unspecified atom stereocenters. The average molecular weight is 260 g/mol. The lowest BCUT2D eigenvalue weighted by Gasteiger charge is -2.24. The molecule has 2 rings (SSSR count). The van der Waals surface area contributed by atoms with Crippen LogP contribution in [0.1, 0.15) is 28.7 Å². The summed E-state index contributed by atoms with van der Waals surface area (Å²) in [6, 6.07) is 9.18. The highest BCUT2D eigenvalue weighted by Crippen LogP contribution is 2.19. The number of aryl methyl sites for hydroxylation is 1. The van der Waals surface area contributed by atoms with Crippen molar-refractivity contribution < 1.29 is 14.3 Å². The van der Waals surface area contributed by atoms with E-state index in [0.29, 0.717) is 5.76 Å². The number of benzene rings is 1. The first-order chi connectivity index (χ1) is 9.00. The van der Waals surface area contributed by atoms with Crippen molar-refractivity contribution in [2.75, 3.05) is 6.54 Å². The van der Waals surface area contributed by atoms with E-state index < -0.39 is 5.60 Å². The Morgan fingerprint density at radius 2 is 2.11 bits per heavy atom. The number of rotatable bonds is 4. The second kappa shape index (κ2) is 5.24. The van der Waals surface area contributed by atoms with Gasteiger partial charge in [-0.05, 0) is 19.4 Å². The average Bonchev–Trinajstić information content (AvgIpc) is 2.83. The molecule has 0 saturated heterocycles. The van der Waals surface area contributed by atoms with Crippen LogP contribution >= 0.6 is 0 Å². The first-order valence-electron chi connectivity index (χ1n) is 5.97. The Morgan fingerprint density at radius 1 is 1.42 bits per heavy atom. The lowest BCUT2D eigenvalue weighted by atomic mass is 9.96. The van der Waals surface area contributed by atoms with E-state index in [-0.39, 0.29) is 18.1 Å². The summed E-state index contributed by atoms with van der Waals surface area (Å²) in [6.45, 7) is 3.41. The molecule has 0 aliphatic carbocycles. The summed E-state index contributed by atoms with van der Waals surface area (Å²) in [5.41, 5.74) is -0.148. The first kappa shape index (κ1) is 13.3. The van der Waals surface area contributed by atoms with Crippen LogP contribution in [-0.2, 0) is 5.60 Å². The molecule has 2 N–H and O–H groups in total. The number of hydrogen-bond acceptors (Lipinski definition) is 4. The van der Waals surface area contributed by atoms with E-state index in [1.54, 1.807) is 13.8 Å². The van der Waals surface area contributed by atoms with Gasteiger partial charge in [-0.15, -0.1) is 0 Å². The van der Waals surface area contributed by atoms with Gasteiger partial charge in [0, 0.05) is 0 Å². The first-order valence-corrected chi connectivity index (χ1v) is 5.97. The highest BCUT2D eigenvalue weighted by molar-refractivity contribution is 5.93. The van der Waals surface area contributed by atoms with Gasteiger partial charge in [-0.25, -0.2) is 4.98 Å². The predicted molar refractivity (Wildman–Crippen MR) is 69.6 cm³/mol. The van der Waals surface area contributed by atoms with Crippen LogP contribution in [-0.4, -0.2) is 22.5 Å². The molecule has 19 heavy (non-hydrogen) atoms. The van der Waals surface area contributed by atoms with E-state index in [9.17, 15) is 9.90 Å². The van der Waals surface area contributed by atoms with Gasteiger partial charge in [0.05, 0.1) is 6.54 Å². The van der Waals surface area contributed by atoms with Crippen LogP contribution in [0, 0.1) is 6.92 Å². The third-order valence-electron chi connectivity index (χ3n) is 2.95. The molecule has 100 valence electrons. The molecule has 1 amide bonds. The zero-order valence-electron chi connectivity index (χ0n) is 10.9. The van der Waals surface area contributed by atoms with Crippen LogP contribution in [0.25, 0.3) is 0 Å². The largest absolute Gasteiger partial charge is 0.448 e. The fourth-order valence-electron chi connectivity index (χ4n) is 1.76. The lowest BCUT2D eigenvalue weighted by Crippen LogP contribution is -2.38. The van der Waals surface area contributed by atoms with Gasteiger partial charge in [0.15, 0.2) is 12.1 Å². The van der Waals surface area contributed by atoms with Crippen LogP contribution in [0.3, 0.4) is 0 Å². The standard InChI is InChI=1S/C14H16N2O3/c1-10-12(16-9-19-10)13(17)15-8-14(2,18)11-6-4-3-5-7-11/h3-7,9,18H,8H2,1-2H3,(H,15,17). The number of nitrogens with one attached hydrogen (secondary N) is 1. The molecular weight excluding hydrogens is 244 g/mol. The minimum Gasteiger partial charge on any atom is -0.448 e. The van der Waals surface area contributed by atoms with E-state index >= 15 is 0 Å². The maximum Gasteiger partial charge on any atom is 0.273 e. The van der Waals surface area contributed by atoms with E-state index in [2.05, 4.69) is 10.3 Å². The van der Waals surface area contributed by atoms with Crippen LogP contribution < -0.4 is 5.32 Å². The topological polar surface area (TPSA) is 75.4 Å². The molecule has 0 saturated carbocycles. The van der Waals surface area contributed by atoms with Gasteiger partial charge < -0.3 is 14.8 Å². The third kappa shape index (κ3) is 3.00. The highest BCUT2D eigenvalue weighted by atomic mass is 16.3. The summed E-state index contributed by atoms with van der Waals surface area (Å²) in [6.07, 6.45) is 1.22. The molecule has 0 bridgehead atoms. The molecule has 0 aliphatic rings. The number of carbonyl (C=O) groups excluding carboxylic acids is 1. The molecule has 0 aliphatic heterocycles. The zero-order chi connectivity index (χ0) is 13.9. The van der Waals surface area contributed by atoms with Crippen molar-refractivity contribution in [2.24, 2.45) is 0 Å². The van der Waals surface area contributed by atoms with E-state index in [4.69, 9.17) is 4.42 Å². The molecule has 1 heterocycles. The quantitative estimate of drug-likeness (QED) is 0.876. The summed E-state index contributed by atoms with van der Waals surface area (Å²) in [5, 5.41) is 13.0.